The number of hydrogen-bond donors (Lipinski definition) is 1. The van der Waals surface area contributed by atoms with E-state index in [1.807, 2.05) is 27.7 Å². The van der Waals surface area contributed by atoms with Crippen LogP contribution in [0.15, 0.2) is 0 Å². The Balaban J connectivity index is 3.85. The molecule has 12 heavy (non-hydrogen) atoms. The first-order valence-electron chi connectivity index (χ1n) is 4.13. The lowest BCUT2D eigenvalue weighted by molar-refractivity contribution is -0.0325. The molecule has 0 saturated heterocycles. The number of nitrogens with two attached hydrogens (primary N) is 1. The summed E-state index contributed by atoms with van der Waals surface area (Å²) in [6.07, 6.45) is 5.81. The van der Waals surface area contributed by atoms with Gasteiger partial charge in [0, 0.05) is 12.0 Å². The number of terminal acetylenes is 1. The molecule has 0 amide bonds. The fourth-order valence-electron chi connectivity index (χ4n) is 0.678. The van der Waals surface area contributed by atoms with Gasteiger partial charge in [0.1, 0.15) is 0 Å². The van der Waals surface area contributed by atoms with E-state index in [-0.39, 0.29) is 11.1 Å². The van der Waals surface area contributed by atoms with Gasteiger partial charge < -0.3 is 10.5 Å². The van der Waals surface area contributed by atoms with Gasteiger partial charge in [-0.15, -0.1) is 12.3 Å². The van der Waals surface area contributed by atoms with Gasteiger partial charge in [-0.3, -0.25) is 0 Å². The van der Waals surface area contributed by atoms with E-state index >= 15 is 0 Å². The summed E-state index contributed by atoms with van der Waals surface area (Å²) in [7, 11) is 0. The predicted octanol–water partition coefficient (Wildman–Crippen LogP) is 1.54. The van der Waals surface area contributed by atoms with Crippen LogP contribution < -0.4 is 5.73 Å². The molecule has 0 aliphatic rings. The molecule has 0 aromatic rings. The molecule has 0 radical (unpaired) electrons. The third kappa shape index (κ3) is 6.21. The fraction of sp³-hybridized carbons (Fsp3) is 0.800. The molecule has 2 N–H and O–H groups in total. The molecule has 70 valence electrons. The monoisotopic (exact) mass is 169 g/mol. The highest BCUT2D eigenvalue weighted by Crippen LogP contribution is 2.15. The smallest absolute Gasteiger partial charge is 0.0736 e. The summed E-state index contributed by atoms with van der Waals surface area (Å²) in [5, 5.41) is 0. The van der Waals surface area contributed by atoms with Gasteiger partial charge in [0.2, 0.25) is 0 Å². The van der Waals surface area contributed by atoms with Crippen molar-refractivity contribution in [2.45, 2.75) is 45.3 Å². The van der Waals surface area contributed by atoms with Crippen molar-refractivity contribution in [3.05, 3.63) is 0 Å². The molecule has 0 unspecified atom stereocenters. The quantitative estimate of drug-likeness (QED) is 0.648. The maximum Gasteiger partial charge on any atom is 0.0736 e. The molecule has 2 heteroatoms. The molecule has 0 atom stereocenters. The van der Waals surface area contributed by atoms with Crippen molar-refractivity contribution in [2.24, 2.45) is 5.73 Å². The van der Waals surface area contributed by atoms with Crippen LogP contribution in [0.3, 0.4) is 0 Å². The first-order valence-corrected chi connectivity index (χ1v) is 4.13. The lowest BCUT2D eigenvalue weighted by atomic mass is 10.0. The van der Waals surface area contributed by atoms with Gasteiger partial charge in [-0.2, -0.15) is 0 Å². The zero-order valence-corrected chi connectivity index (χ0v) is 8.48. The van der Waals surface area contributed by atoms with Crippen molar-refractivity contribution in [3.8, 4) is 12.3 Å². The van der Waals surface area contributed by atoms with Crippen LogP contribution in [-0.2, 0) is 4.74 Å². The molecule has 0 spiro atoms. The van der Waals surface area contributed by atoms with Crippen LogP contribution in [0.1, 0.15) is 34.1 Å². The van der Waals surface area contributed by atoms with Crippen molar-refractivity contribution in [1.29, 1.82) is 0 Å². The summed E-state index contributed by atoms with van der Waals surface area (Å²) in [6.45, 7) is 8.33. The zero-order chi connectivity index (χ0) is 9.83. The third-order valence-corrected chi connectivity index (χ3v) is 1.36. The average molecular weight is 169 g/mol. The van der Waals surface area contributed by atoms with E-state index in [9.17, 15) is 0 Å². The van der Waals surface area contributed by atoms with Crippen LogP contribution in [0, 0.1) is 12.3 Å². The van der Waals surface area contributed by atoms with Crippen molar-refractivity contribution < 1.29 is 4.74 Å². The van der Waals surface area contributed by atoms with E-state index < -0.39 is 0 Å². The molecule has 2 nitrogen and oxygen atoms in total. The van der Waals surface area contributed by atoms with Gasteiger partial charge in [-0.25, -0.2) is 0 Å². The molecule has 0 aromatic heterocycles. The molecule has 0 aliphatic carbocycles. The lowest BCUT2D eigenvalue weighted by Crippen LogP contribution is -2.41. The van der Waals surface area contributed by atoms with E-state index in [2.05, 4.69) is 5.92 Å². The first-order chi connectivity index (χ1) is 5.27. The highest BCUT2D eigenvalue weighted by Gasteiger charge is 2.20. The second-order valence-corrected chi connectivity index (χ2v) is 4.42. The fourth-order valence-corrected chi connectivity index (χ4v) is 0.678. The Morgan fingerprint density at radius 3 is 2.17 bits per heavy atom. The summed E-state index contributed by atoms with van der Waals surface area (Å²) < 4.78 is 5.57. The highest BCUT2D eigenvalue weighted by molar-refractivity contribution is 4.92. The Kier molecular flexibility index (Phi) is 3.76. The zero-order valence-electron chi connectivity index (χ0n) is 8.48. The Labute approximate surface area is 75.5 Å². The SMILES string of the molecule is C#CCC(C)(C)OCC(C)(C)N. The van der Waals surface area contributed by atoms with Gasteiger partial charge in [-0.1, -0.05) is 0 Å². The van der Waals surface area contributed by atoms with E-state index in [4.69, 9.17) is 16.9 Å². The molecule has 0 saturated carbocycles. The Hall–Kier alpha value is -0.520. The predicted molar refractivity (Wildman–Crippen MR) is 51.7 cm³/mol. The summed E-state index contributed by atoms with van der Waals surface area (Å²) in [4.78, 5) is 0. The number of rotatable bonds is 4. The molecule has 0 heterocycles. The van der Waals surface area contributed by atoms with Crippen LogP contribution in [-0.4, -0.2) is 17.7 Å². The minimum Gasteiger partial charge on any atom is -0.373 e. The van der Waals surface area contributed by atoms with Crippen molar-refractivity contribution in [1.82, 2.24) is 0 Å². The van der Waals surface area contributed by atoms with Gasteiger partial charge in [0.25, 0.3) is 0 Å². The van der Waals surface area contributed by atoms with Crippen molar-refractivity contribution in [2.75, 3.05) is 6.61 Å². The van der Waals surface area contributed by atoms with Crippen LogP contribution in [0.25, 0.3) is 0 Å². The Bertz CT molecular complexity index is 171. The van der Waals surface area contributed by atoms with Crippen LogP contribution >= 0.6 is 0 Å². The minimum atomic E-state index is -0.286. The normalized spacial score (nSPS) is 12.7. The molecular formula is C10H19NO. The average Bonchev–Trinajstić information content (AvgIpc) is 1.83. The Morgan fingerprint density at radius 1 is 1.33 bits per heavy atom. The van der Waals surface area contributed by atoms with Crippen molar-refractivity contribution >= 4 is 0 Å². The molecule has 0 rings (SSSR count). The largest absolute Gasteiger partial charge is 0.373 e. The number of hydrogen-bond acceptors (Lipinski definition) is 2. The van der Waals surface area contributed by atoms with E-state index in [1.165, 1.54) is 0 Å². The van der Waals surface area contributed by atoms with E-state index in [1.54, 1.807) is 0 Å². The highest BCUT2D eigenvalue weighted by atomic mass is 16.5. The second-order valence-electron chi connectivity index (χ2n) is 4.42. The van der Waals surface area contributed by atoms with Crippen LogP contribution in [0.4, 0.5) is 0 Å². The molecule has 0 aromatic carbocycles. The Morgan fingerprint density at radius 2 is 1.83 bits per heavy atom. The molecule has 0 fully saturated rings. The maximum absolute atomic E-state index is 5.76. The summed E-state index contributed by atoms with van der Waals surface area (Å²) in [5.41, 5.74) is 5.22. The van der Waals surface area contributed by atoms with Gasteiger partial charge in [0.15, 0.2) is 0 Å². The third-order valence-electron chi connectivity index (χ3n) is 1.36. The maximum atomic E-state index is 5.76. The summed E-state index contributed by atoms with van der Waals surface area (Å²) in [6, 6.07) is 0. The van der Waals surface area contributed by atoms with Crippen molar-refractivity contribution in [3.63, 3.8) is 0 Å². The van der Waals surface area contributed by atoms with Crippen LogP contribution in [0.2, 0.25) is 0 Å². The summed E-state index contributed by atoms with van der Waals surface area (Å²) in [5.74, 6) is 2.58. The van der Waals surface area contributed by atoms with E-state index in [0.29, 0.717) is 13.0 Å². The second kappa shape index (κ2) is 3.93. The van der Waals surface area contributed by atoms with Crippen LogP contribution in [0.5, 0.6) is 0 Å². The lowest BCUT2D eigenvalue weighted by Gasteiger charge is -2.28. The summed E-state index contributed by atoms with van der Waals surface area (Å²) >= 11 is 0. The topological polar surface area (TPSA) is 35.2 Å². The number of ether oxygens (including phenoxy) is 1. The minimum absolute atomic E-state index is 0.259. The van der Waals surface area contributed by atoms with Gasteiger partial charge in [-0.05, 0) is 27.7 Å². The van der Waals surface area contributed by atoms with E-state index in [0.717, 1.165) is 0 Å². The standard InChI is InChI=1S/C10H19NO/c1-6-7-10(4,5)12-8-9(2,3)11/h1H,7-8,11H2,2-5H3. The molecule has 0 aliphatic heterocycles. The molecule has 0 bridgehead atoms. The van der Waals surface area contributed by atoms with Gasteiger partial charge >= 0.3 is 0 Å². The molecular weight excluding hydrogens is 150 g/mol. The van der Waals surface area contributed by atoms with Gasteiger partial charge in [0.05, 0.1) is 12.2 Å². The first kappa shape index (κ1) is 11.5.